The van der Waals surface area contributed by atoms with Crippen LogP contribution in [-0.4, -0.2) is 14.5 Å². The summed E-state index contributed by atoms with van der Waals surface area (Å²) in [6.07, 6.45) is 0.661. The van der Waals surface area contributed by atoms with Crippen molar-refractivity contribution < 1.29 is 4.92 Å². The standard InChI is InChI=1S/C7H10ClN3O2/c1-3-6-9-7(11(12)13)5(4-8)10(6)2/h3-4H2,1-2H3. The van der Waals surface area contributed by atoms with Crippen LogP contribution < -0.4 is 0 Å². The predicted octanol–water partition coefficient (Wildman–Crippen LogP) is 1.63. The molecule has 0 saturated heterocycles. The van der Waals surface area contributed by atoms with Crippen LogP contribution in [0.2, 0.25) is 0 Å². The van der Waals surface area contributed by atoms with Crippen molar-refractivity contribution in [2.75, 3.05) is 0 Å². The first-order valence-corrected chi connectivity index (χ1v) is 4.40. The highest BCUT2D eigenvalue weighted by molar-refractivity contribution is 6.17. The summed E-state index contributed by atoms with van der Waals surface area (Å²) in [5.74, 6) is 0.663. The molecule has 0 spiro atoms. The van der Waals surface area contributed by atoms with Gasteiger partial charge in [-0.1, -0.05) is 6.92 Å². The van der Waals surface area contributed by atoms with Crippen molar-refractivity contribution in [3.05, 3.63) is 21.6 Å². The third-order valence-corrected chi connectivity index (χ3v) is 2.15. The highest BCUT2D eigenvalue weighted by Gasteiger charge is 2.23. The Morgan fingerprint density at radius 3 is 2.62 bits per heavy atom. The Morgan fingerprint density at radius 2 is 2.31 bits per heavy atom. The maximum absolute atomic E-state index is 10.5. The average Bonchev–Trinajstić information content (AvgIpc) is 2.42. The Kier molecular flexibility index (Phi) is 2.87. The molecular weight excluding hydrogens is 194 g/mol. The third kappa shape index (κ3) is 1.65. The lowest BCUT2D eigenvalue weighted by molar-refractivity contribution is -0.390. The van der Waals surface area contributed by atoms with E-state index in [-0.39, 0.29) is 11.7 Å². The molecule has 0 aromatic carbocycles. The second-order valence-electron chi connectivity index (χ2n) is 2.60. The second kappa shape index (κ2) is 3.74. The van der Waals surface area contributed by atoms with E-state index in [4.69, 9.17) is 11.6 Å². The maximum atomic E-state index is 10.5. The second-order valence-corrected chi connectivity index (χ2v) is 2.87. The highest BCUT2D eigenvalue weighted by atomic mass is 35.5. The number of aryl methyl sites for hydroxylation is 1. The van der Waals surface area contributed by atoms with Crippen molar-refractivity contribution in [1.82, 2.24) is 9.55 Å². The fourth-order valence-electron chi connectivity index (χ4n) is 1.18. The normalized spacial score (nSPS) is 10.4. The summed E-state index contributed by atoms with van der Waals surface area (Å²) in [7, 11) is 1.73. The summed E-state index contributed by atoms with van der Waals surface area (Å²) in [5, 5.41) is 10.5. The van der Waals surface area contributed by atoms with Gasteiger partial charge in [0.05, 0.1) is 5.88 Å². The number of hydrogen-bond acceptors (Lipinski definition) is 3. The van der Waals surface area contributed by atoms with Gasteiger partial charge < -0.3 is 14.7 Å². The maximum Gasteiger partial charge on any atom is 0.386 e. The van der Waals surface area contributed by atoms with Crippen LogP contribution in [0.25, 0.3) is 0 Å². The first-order valence-electron chi connectivity index (χ1n) is 3.86. The molecule has 1 aromatic heterocycles. The minimum Gasteiger partial charge on any atom is -0.358 e. The molecule has 6 heteroatoms. The van der Waals surface area contributed by atoms with Crippen LogP contribution in [0, 0.1) is 10.1 Å². The number of nitro groups is 1. The molecule has 0 unspecified atom stereocenters. The summed E-state index contributed by atoms with van der Waals surface area (Å²) in [6, 6.07) is 0. The van der Waals surface area contributed by atoms with Crippen molar-refractivity contribution in [2.24, 2.45) is 7.05 Å². The summed E-state index contributed by atoms with van der Waals surface area (Å²) < 4.78 is 1.67. The fraction of sp³-hybridized carbons (Fsp3) is 0.571. The van der Waals surface area contributed by atoms with Crippen LogP contribution >= 0.6 is 11.6 Å². The van der Waals surface area contributed by atoms with Gasteiger partial charge in [-0.15, -0.1) is 11.6 Å². The van der Waals surface area contributed by atoms with Crippen molar-refractivity contribution in [3.63, 3.8) is 0 Å². The molecule has 0 aliphatic carbocycles. The lowest BCUT2D eigenvalue weighted by Crippen LogP contribution is -1.99. The molecule has 0 saturated carbocycles. The summed E-state index contributed by atoms with van der Waals surface area (Å²) in [6.45, 7) is 1.89. The number of alkyl halides is 1. The molecule has 13 heavy (non-hydrogen) atoms. The quantitative estimate of drug-likeness (QED) is 0.426. The largest absolute Gasteiger partial charge is 0.386 e. The highest BCUT2D eigenvalue weighted by Crippen LogP contribution is 2.20. The van der Waals surface area contributed by atoms with Gasteiger partial charge in [-0.05, 0) is 9.91 Å². The molecule has 72 valence electrons. The molecule has 0 N–H and O–H groups in total. The van der Waals surface area contributed by atoms with Gasteiger partial charge in [-0.25, -0.2) is 0 Å². The Morgan fingerprint density at radius 1 is 1.69 bits per heavy atom. The van der Waals surface area contributed by atoms with Crippen molar-refractivity contribution in [1.29, 1.82) is 0 Å². The minimum absolute atomic E-state index is 0.111. The third-order valence-electron chi connectivity index (χ3n) is 1.90. The Balaban J connectivity index is 3.27. The SMILES string of the molecule is CCc1nc([N+](=O)[O-])c(CCl)n1C. The molecule has 0 fully saturated rings. The zero-order valence-electron chi connectivity index (χ0n) is 7.45. The minimum atomic E-state index is -0.503. The van der Waals surface area contributed by atoms with E-state index in [0.29, 0.717) is 17.9 Å². The van der Waals surface area contributed by atoms with Crippen LogP contribution in [0.1, 0.15) is 18.4 Å². The number of hydrogen-bond donors (Lipinski definition) is 0. The molecule has 0 aliphatic heterocycles. The molecule has 0 atom stereocenters. The Labute approximate surface area is 80.5 Å². The van der Waals surface area contributed by atoms with Crippen LogP contribution in [0.5, 0.6) is 0 Å². The van der Waals surface area contributed by atoms with Gasteiger partial charge in [0, 0.05) is 13.5 Å². The Hall–Kier alpha value is -1.10. The molecule has 1 heterocycles. The molecular formula is C7H10ClN3O2. The number of aromatic nitrogens is 2. The van der Waals surface area contributed by atoms with Gasteiger partial charge in [0.15, 0.2) is 0 Å². The lowest BCUT2D eigenvalue weighted by atomic mass is 10.4. The first kappa shape index (κ1) is 9.98. The number of nitrogens with zero attached hydrogens (tertiary/aromatic N) is 3. The topological polar surface area (TPSA) is 61.0 Å². The van der Waals surface area contributed by atoms with Gasteiger partial charge in [0.25, 0.3) is 0 Å². The molecule has 0 amide bonds. The fourth-order valence-corrected chi connectivity index (χ4v) is 1.48. The molecule has 0 bridgehead atoms. The lowest BCUT2D eigenvalue weighted by Gasteiger charge is -1.96. The first-order chi connectivity index (χ1) is 6.11. The van der Waals surface area contributed by atoms with Crippen LogP contribution in [0.15, 0.2) is 0 Å². The van der Waals surface area contributed by atoms with Gasteiger partial charge in [0.1, 0.15) is 5.69 Å². The van der Waals surface area contributed by atoms with Crippen LogP contribution in [0.3, 0.4) is 0 Å². The van der Waals surface area contributed by atoms with E-state index in [0.717, 1.165) is 0 Å². The van der Waals surface area contributed by atoms with E-state index in [1.165, 1.54) is 0 Å². The van der Waals surface area contributed by atoms with E-state index >= 15 is 0 Å². The molecule has 0 radical (unpaired) electrons. The van der Waals surface area contributed by atoms with E-state index in [2.05, 4.69) is 4.98 Å². The van der Waals surface area contributed by atoms with E-state index in [1.807, 2.05) is 6.92 Å². The summed E-state index contributed by atoms with van der Waals surface area (Å²) in [4.78, 5) is 13.9. The monoisotopic (exact) mass is 203 g/mol. The van der Waals surface area contributed by atoms with Crippen molar-refractivity contribution in [2.45, 2.75) is 19.2 Å². The van der Waals surface area contributed by atoms with Gasteiger partial charge >= 0.3 is 5.82 Å². The van der Waals surface area contributed by atoms with Gasteiger partial charge in [0.2, 0.25) is 5.82 Å². The summed E-state index contributed by atoms with van der Waals surface area (Å²) >= 11 is 5.59. The smallest absolute Gasteiger partial charge is 0.358 e. The molecule has 5 nitrogen and oxygen atoms in total. The van der Waals surface area contributed by atoms with Crippen LogP contribution in [0.4, 0.5) is 5.82 Å². The van der Waals surface area contributed by atoms with Gasteiger partial charge in [-0.2, -0.15) is 0 Å². The molecule has 0 aliphatic rings. The summed E-state index contributed by atoms with van der Waals surface area (Å²) in [5.41, 5.74) is 0.462. The van der Waals surface area contributed by atoms with Gasteiger partial charge in [-0.3, -0.25) is 0 Å². The van der Waals surface area contributed by atoms with E-state index in [9.17, 15) is 10.1 Å². The number of imidazole rings is 1. The van der Waals surface area contributed by atoms with Crippen molar-refractivity contribution >= 4 is 17.4 Å². The van der Waals surface area contributed by atoms with E-state index in [1.54, 1.807) is 11.6 Å². The average molecular weight is 204 g/mol. The predicted molar refractivity (Wildman–Crippen MR) is 48.8 cm³/mol. The zero-order valence-corrected chi connectivity index (χ0v) is 8.21. The Bertz CT molecular complexity index is 335. The van der Waals surface area contributed by atoms with Crippen LogP contribution in [-0.2, 0) is 19.3 Å². The van der Waals surface area contributed by atoms with Crippen molar-refractivity contribution in [3.8, 4) is 0 Å². The molecule has 1 aromatic rings. The molecule has 1 rings (SSSR count). The zero-order chi connectivity index (χ0) is 10.0. The number of rotatable bonds is 3. The van der Waals surface area contributed by atoms with E-state index < -0.39 is 4.92 Å². The number of halogens is 1.